The molecular formula is C18H19BrClN. The first-order valence-electron chi connectivity index (χ1n) is 7.37. The zero-order chi connectivity index (χ0) is 14.8. The summed E-state index contributed by atoms with van der Waals surface area (Å²) in [5.41, 5.74) is 3.96. The highest BCUT2D eigenvalue weighted by molar-refractivity contribution is 9.10. The SMILES string of the molecule is Cc1ccc(C2CNCCC2c2cc(Br)ccc2Cl)cc1. The van der Waals surface area contributed by atoms with E-state index in [9.17, 15) is 0 Å². The van der Waals surface area contributed by atoms with E-state index in [-0.39, 0.29) is 0 Å². The van der Waals surface area contributed by atoms with Gasteiger partial charge in [0.15, 0.2) is 0 Å². The van der Waals surface area contributed by atoms with E-state index in [4.69, 9.17) is 11.6 Å². The molecule has 1 aliphatic heterocycles. The van der Waals surface area contributed by atoms with Crippen molar-refractivity contribution in [1.29, 1.82) is 0 Å². The van der Waals surface area contributed by atoms with Crippen LogP contribution in [0.25, 0.3) is 0 Å². The smallest absolute Gasteiger partial charge is 0.0441 e. The van der Waals surface area contributed by atoms with Crippen molar-refractivity contribution in [2.24, 2.45) is 0 Å². The second-order valence-corrected chi connectivity index (χ2v) is 7.11. The van der Waals surface area contributed by atoms with Gasteiger partial charge in [0.1, 0.15) is 0 Å². The number of aryl methyl sites for hydroxylation is 1. The Morgan fingerprint density at radius 1 is 1.10 bits per heavy atom. The molecule has 1 aliphatic rings. The topological polar surface area (TPSA) is 12.0 Å². The Morgan fingerprint density at radius 3 is 2.62 bits per heavy atom. The third-order valence-electron chi connectivity index (χ3n) is 4.35. The predicted molar refractivity (Wildman–Crippen MR) is 93.3 cm³/mol. The molecule has 0 radical (unpaired) electrons. The average Bonchev–Trinajstić information content (AvgIpc) is 2.51. The second-order valence-electron chi connectivity index (χ2n) is 5.78. The third-order valence-corrected chi connectivity index (χ3v) is 5.18. The van der Waals surface area contributed by atoms with Gasteiger partial charge in [-0.05, 0) is 55.1 Å². The van der Waals surface area contributed by atoms with Crippen LogP contribution in [-0.4, -0.2) is 13.1 Å². The van der Waals surface area contributed by atoms with Crippen LogP contribution in [0.3, 0.4) is 0 Å². The summed E-state index contributed by atoms with van der Waals surface area (Å²) in [4.78, 5) is 0. The summed E-state index contributed by atoms with van der Waals surface area (Å²) in [5.74, 6) is 0.949. The van der Waals surface area contributed by atoms with Crippen molar-refractivity contribution >= 4 is 27.5 Å². The van der Waals surface area contributed by atoms with E-state index in [1.807, 2.05) is 12.1 Å². The van der Waals surface area contributed by atoms with E-state index in [2.05, 4.69) is 58.5 Å². The van der Waals surface area contributed by atoms with Gasteiger partial charge in [-0.15, -0.1) is 0 Å². The fourth-order valence-electron chi connectivity index (χ4n) is 3.19. The summed E-state index contributed by atoms with van der Waals surface area (Å²) in [6.45, 7) is 4.19. The molecule has 2 aromatic carbocycles. The monoisotopic (exact) mass is 363 g/mol. The molecule has 0 spiro atoms. The summed E-state index contributed by atoms with van der Waals surface area (Å²) in [7, 11) is 0. The molecular weight excluding hydrogens is 346 g/mol. The highest BCUT2D eigenvalue weighted by Crippen LogP contribution is 2.41. The molecule has 0 bridgehead atoms. The lowest BCUT2D eigenvalue weighted by atomic mass is 9.77. The van der Waals surface area contributed by atoms with Crippen molar-refractivity contribution in [2.75, 3.05) is 13.1 Å². The van der Waals surface area contributed by atoms with Crippen molar-refractivity contribution in [3.05, 3.63) is 68.7 Å². The molecule has 1 fully saturated rings. The van der Waals surface area contributed by atoms with Crippen molar-refractivity contribution in [3.8, 4) is 0 Å². The molecule has 3 heteroatoms. The van der Waals surface area contributed by atoms with Crippen LogP contribution in [0.15, 0.2) is 46.9 Å². The largest absolute Gasteiger partial charge is 0.316 e. The minimum absolute atomic E-state index is 0.471. The Labute approximate surface area is 139 Å². The van der Waals surface area contributed by atoms with E-state index in [0.29, 0.717) is 11.8 Å². The van der Waals surface area contributed by atoms with Crippen LogP contribution in [0.5, 0.6) is 0 Å². The maximum atomic E-state index is 6.47. The van der Waals surface area contributed by atoms with E-state index < -0.39 is 0 Å². The van der Waals surface area contributed by atoms with Crippen LogP contribution in [0.1, 0.15) is 34.9 Å². The quantitative estimate of drug-likeness (QED) is 0.765. The third kappa shape index (κ3) is 3.33. The molecule has 2 aromatic rings. The van der Waals surface area contributed by atoms with Crippen molar-refractivity contribution in [3.63, 3.8) is 0 Å². The van der Waals surface area contributed by atoms with Crippen molar-refractivity contribution in [1.82, 2.24) is 5.32 Å². The van der Waals surface area contributed by atoms with Crippen molar-refractivity contribution in [2.45, 2.75) is 25.2 Å². The highest BCUT2D eigenvalue weighted by atomic mass is 79.9. The lowest BCUT2D eigenvalue weighted by Crippen LogP contribution is -2.34. The molecule has 0 saturated carbocycles. The molecule has 1 nitrogen and oxygen atoms in total. The summed E-state index contributed by atoms with van der Waals surface area (Å²) >= 11 is 10.0. The molecule has 21 heavy (non-hydrogen) atoms. The number of piperidine rings is 1. The van der Waals surface area contributed by atoms with Crippen molar-refractivity contribution < 1.29 is 0 Å². The number of halogens is 2. The van der Waals surface area contributed by atoms with Crippen LogP contribution >= 0.6 is 27.5 Å². The maximum absolute atomic E-state index is 6.47. The Morgan fingerprint density at radius 2 is 1.86 bits per heavy atom. The Balaban J connectivity index is 1.98. The normalized spacial score (nSPS) is 22.2. The highest BCUT2D eigenvalue weighted by Gasteiger charge is 2.29. The number of benzene rings is 2. The van der Waals surface area contributed by atoms with Gasteiger partial charge in [-0.25, -0.2) is 0 Å². The van der Waals surface area contributed by atoms with Gasteiger partial charge in [-0.2, -0.15) is 0 Å². The lowest BCUT2D eigenvalue weighted by Gasteiger charge is -2.33. The molecule has 2 unspecified atom stereocenters. The van der Waals surface area contributed by atoms with Crippen LogP contribution in [0.2, 0.25) is 5.02 Å². The first kappa shape index (κ1) is 15.1. The van der Waals surface area contributed by atoms with Crippen LogP contribution in [-0.2, 0) is 0 Å². The number of hydrogen-bond acceptors (Lipinski definition) is 1. The molecule has 0 aliphatic carbocycles. The van der Waals surface area contributed by atoms with Crippen LogP contribution < -0.4 is 5.32 Å². The fraction of sp³-hybridized carbons (Fsp3) is 0.333. The molecule has 0 amide bonds. The molecule has 110 valence electrons. The Hall–Kier alpha value is -0.830. The Bertz CT molecular complexity index is 624. The van der Waals surface area contributed by atoms with E-state index in [0.717, 1.165) is 29.0 Å². The number of rotatable bonds is 2. The van der Waals surface area contributed by atoms with Crippen LogP contribution in [0.4, 0.5) is 0 Å². The molecule has 3 rings (SSSR count). The van der Waals surface area contributed by atoms with Gasteiger partial charge in [0, 0.05) is 22.0 Å². The standard InChI is InChI=1S/C18H19BrClN/c1-12-2-4-13(5-3-12)17-11-21-9-8-15(17)16-10-14(19)6-7-18(16)20/h2-7,10,15,17,21H,8-9,11H2,1H3. The summed E-state index contributed by atoms with van der Waals surface area (Å²) in [6.07, 6.45) is 1.12. The van der Waals surface area contributed by atoms with E-state index in [1.54, 1.807) is 0 Å². The van der Waals surface area contributed by atoms with Gasteiger partial charge in [0.25, 0.3) is 0 Å². The van der Waals surface area contributed by atoms with Gasteiger partial charge in [-0.1, -0.05) is 57.4 Å². The molecule has 0 aromatic heterocycles. The zero-order valence-electron chi connectivity index (χ0n) is 12.1. The first-order chi connectivity index (χ1) is 10.1. The average molecular weight is 365 g/mol. The number of hydrogen-bond donors (Lipinski definition) is 1. The summed E-state index contributed by atoms with van der Waals surface area (Å²) < 4.78 is 1.10. The molecule has 1 N–H and O–H groups in total. The fourth-order valence-corrected chi connectivity index (χ4v) is 3.83. The number of nitrogens with one attached hydrogen (secondary N) is 1. The minimum atomic E-state index is 0.471. The summed E-state index contributed by atoms with van der Waals surface area (Å²) in [6, 6.07) is 15.1. The Kier molecular flexibility index (Phi) is 4.68. The van der Waals surface area contributed by atoms with Gasteiger partial charge < -0.3 is 5.32 Å². The van der Waals surface area contributed by atoms with E-state index >= 15 is 0 Å². The minimum Gasteiger partial charge on any atom is -0.316 e. The van der Waals surface area contributed by atoms with Crippen LogP contribution in [0, 0.1) is 6.92 Å². The van der Waals surface area contributed by atoms with Gasteiger partial charge in [-0.3, -0.25) is 0 Å². The zero-order valence-corrected chi connectivity index (χ0v) is 14.4. The molecule has 1 saturated heterocycles. The van der Waals surface area contributed by atoms with Gasteiger partial charge >= 0.3 is 0 Å². The molecule has 1 heterocycles. The lowest BCUT2D eigenvalue weighted by molar-refractivity contribution is 0.404. The maximum Gasteiger partial charge on any atom is 0.0441 e. The van der Waals surface area contributed by atoms with Gasteiger partial charge in [0.05, 0.1) is 0 Å². The first-order valence-corrected chi connectivity index (χ1v) is 8.54. The summed E-state index contributed by atoms with van der Waals surface area (Å²) in [5, 5.41) is 4.40. The van der Waals surface area contributed by atoms with Gasteiger partial charge in [0.2, 0.25) is 0 Å². The second kappa shape index (κ2) is 6.51. The molecule has 2 atom stereocenters. The van der Waals surface area contributed by atoms with E-state index in [1.165, 1.54) is 16.7 Å². The predicted octanol–water partition coefficient (Wildman–Crippen LogP) is 5.27.